The van der Waals surface area contributed by atoms with Gasteiger partial charge in [0.2, 0.25) is 0 Å². The normalized spacial score (nSPS) is 11.6. The second-order valence-electron chi connectivity index (χ2n) is 4.40. The molecule has 19 heavy (non-hydrogen) atoms. The molecule has 0 aliphatic rings. The third-order valence-electron chi connectivity index (χ3n) is 2.54. The number of nitrogens with zero attached hydrogens (tertiary/aromatic N) is 4. The smallest absolute Gasteiger partial charge is 0.180 e. The molecular weight excluding hydrogens is 296 g/mol. The van der Waals surface area contributed by atoms with Crippen molar-refractivity contribution in [3.63, 3.8) is 0 Å². The van der Waals surface area contributed by atoms with E-state index < -0.39 is 0 Å². The van der Waals surface area contributed by atoms with Crippen LogP contribution in [0.1, 0.15) is 30.5 Å². The van der Waals surface area contributed by atoms with Crippen molar-refractivity contribution in [3.8, 4) is 0 Å². The van der Waals surface area contributed by atoms with Gasteiger partial charge in [0.1, 0.15) is 15.6 Å². The maximum absolute atomic E-state index is 4.72. The molecule has 0 aliphatic heterocycles. The van der Waals surface area contributed by atoms with Crippen LogP contribution in [-0.4, -0.2) is 20.2 Å². The highest BCUT2D eigenvalue weighted by Crippen LogP contribution is 2.34. The fourth-order valence-electron chi connectivity index (χ4n) is 1.65. The summed E-state index contributed by atoms with van der Waals surface area (Å²) in [6.07, 6.45) is 0. The zero-order chi connectivity index (χ0) is 13.4. The first-order valence-electron chi connectivity index (χ1n) is 5.85. The van der Waals surface area contributed by atoms with Gasteiger partial charge in [0.25, 0.3) is 0 Å². The molecule has 98 valence electrons. The summed E-state index contributed by atoms with van der Waals surface area (Å²) in [6.45, 7) is 6.23. The summed E-state index contributed by atoms with van der Waals surface area (Å²) in [5.74, 6) is 0.341. The van der Waals surface area contributed by atoms with Crippen molar-refractivity contribution in [2.45, 2.75) is 36.1 Å². The zero-order valence-corrected chi connectivity index (χ0v) is 13.2. The van der Waals surface area contributed by atoms with Crippen LogP contribution < -0.4 is 0 Å². The minimum Gasteiger partial charge on any atom is -0.247 e. The Kier molecular flexibility index (Phi) is 3.51. The van der Waals surface area contributed by atoms with Gasteiger partial charge in [-0.2, -0.15) is 0 Å². The third-order valence-corrected chi connectivity index (χ3v) is 5.14. The predicted octanol–water partition coefficient (Wildman–Crippen LogP) is 4.13. The lowest BCUT2D eigenvalue weighted by Gasteiger charge is -2.09. The molecule has 3 aromatic rings. The largest absolute Gasteiger partial charge is 0.247 e. The van der Waals surface area contributed by atoms with Crippen molar-refractivity contribution in [1.82, 2.24) is 20.2 Å². The predicted molar refractivity (Wildman–Crippen MR) is 80.3 cm³/mol. The van der Waals surface area contributed by atoms with E-state index in [1.54, 1.807) is 34.4 Å². The van der Waals surface area contributed by atoms with Crippen molar-refractivity contribution in [2.75, 3.05) is 0 Å². The number of thiophene rings is 1. The molecule has 0 atom stereocenters. The van der Waals surface area contributed by atoms with Gasteiger partial charge in [-0.15, -0.1) is 21.5 Å². The number of rotatable bonds is 3. The van der Waals surface area contributed by atoms with E-state index in [1.165, 1.54) is 0 Å². The highest BCUT2D eigenvalue weighted by molar-refractivity contribution is 8.01. The van der Waals surface area contributed by atoms with Crippen molar-refractivity contribution >= 4 is 45.5 Å². The Hall–Kier alpha value is -1.05. The van der Waals surface area contributed by atoms with E-state index in [0.717, 1.165) is 31.1 Å². The van der Waals surface area contributed by atoms with Gasteiger partial charge < -0.3 is 0 Å². The number of fused-ring (bicyclic) bond motifs is 1. The van der Waals surface area contributed by atoms with Gasteiger partial charge >= 0.3 is 0 Å². The Morgan fingerprint density at radius 1 is 1.11 bits per heavy atom. The van der Waals surface area contributed by atoms with Crippen molar-refractivity contribution in [2.24, 2.45) is 0 Å². The fourth-order valence-corrected chi connectivity index (χ4v) is 4.28. The lowest BCUT2D eigenvalue weighted by molar-refractivity contribution is 0.783. The van der Waals surface area contributed by atoms with Crippen LogP contribution in [0.2, 0.25) is 0 Å². The molecule has 0 saturated carbocycles. The molecule has 0 unspecified atom stereocenters. The lowest BCUT2D eigenvalue weighted by atomic mass is 10.1. The minimum atomic E-state index is 0.341. The Morgan fingerprint density at radius 3 is 2.47 bits per heavy atom. The Bertz CT molecular complexity index is 717. The Morgan fingerprint density at radius 2 is 1.84 bits per heavy atom. The van der Waals surface area contributed by atoms with Crippen molar-refractivity contribution < 1.29 is 0 Å². The van der Waals surface area contributed by atoms with Crippen LogP contribution in [0.25, 0.3) is 11.0 Å². The molecule has 3 rings (SSSR count). The van der Waals surface area contributed by atoms with Gasteiger partial charge in [-0.3, -0.25) is 0 Å². The Labute approximate surface area is 123 Å². The van der Waals surface area contributed by atoms with Crippen LogP contribution in [0, 0.1) is 6.92 Å². The SMILES string of the molecule is Cc1nnc(Sc2nc3cscc3nc2C(C)C)s1. The first-order valence-corrected chi connectivity index (χ1v) is 8.43. The number of hydrogen-bond donors (Lipinski definition) is 0. The van der Waals surface area contributed by atoms with Crippen LogP contribution in [0.5, 0.6) is 0 Å². The molecule has 0 aliphatic carbocycles. The summed E-state index contributed by atoms with van der Waals surface area (Å²) < 4.78 is 0.920. The minimum absolute atomic E-state index is 0.341. The fraction of sp³-hybridized carbons (Fsp3) is 0.333. The first-order chi connectivity index (χ1) is 9.13. The zero-order valence-electron chi connectivity index (χ0n) is 10.7. The quantitative estimate of drug-likeness (QED) is 0.728. The summed E-state index contributed by atoms with van der Waals surface area (Å²) >= 11 is 4.78. The molecule has 0 fully saturated rings. The van der Waals surface area contributed by atoms with Crippen LogP contribution in [-0.2, 0) is 0 Å². The second-order valence-corrected chi connectivity index (χ2v) is 7.56. The van der Waals surface area contributed by atoms with E-state index in [9.17, 15) is 0 Å². The van der Waals surface area contributed by atoms with Gasteiger partial charge in [-0.1, -0.05) is 25.2 Å². The van der Waals surface area contributed by atoms with Gasteiger partial charge in [-0.05, 0) is 24.6 Å². The lowest BCUT2D eigenvalue weighted by Crippen LogP contribution is -1.98. The monoisotopic (exact) mass is 308 g/mol. The highest BCUT2D eigenvalue weighted by atomic mass is 32.2. The van der Waals surface area contributed by atoms with Gasteiger partial charge in [0.05, 0.1) is 11.2 Å². The summed E-state index contributed by atoms with van der Waals surface area (Å²) in [5.41, 5.74) is 2.97. The molecule has 0 aromatic carbocycles. The summed E-state index contributed by atoms with van der Waals surface area (Å²) in [5, 5.41) is 14.2. The molecular formula is C12H12N4S3. The molecule has 7 heteroatoms. The second kappa shape index (κ2) is 5.15. The summed E-state index contributed by atoms with van der Waals surface area (Å²) in [4.78, 5) is 9.43. The topological polar surface area (TPSA) is 51.6 Å². The summed E-state index contributed by atoms with van der Waals surface area (Å²) in [6, 6.07) is 0. The van der Waals surface area contributed by atoms with E-state index in [1.807, 2.05) is 17.7 Å². The van der Waals surface area contributed by atoms with Crippen LogP contribution >= 0.6 is 34.4 Å². The number of aryl methyl sites for hydroxylation is 1. The van der Waals surface area contributed by atoms with Gasteiger partial charge in [0, 0.05) is 10.8 Å². The first kappa shape index (κ1) is 13.0. The molecule has 0 spiro atoms. The van der Waals surface area contributed by atoms with Crippen molar-refractivity contribution in [1.29, 1.82) is 0 Å². The average molecular weight is 308 g/mol. The van der Waals surface area contributed by atoms with E-state index in [-0.39, 0.29) is 0 Å². The van der Waals surface area contributed by atoms with Crippen LogP contribution in [0.15, 0.2) is 20.1 Å². The van der Waals surface area contributed by atoms with E-state index >= 15 is 0 Å². The number of aromatic nitrogens is 4. The standard InChI is InChI=1S/C12H12N4S3/c1-6(2)10-11(19-12-16-15-7(3)18-12)14-9-5-17-4-8(9)13-10/h4-6H,1-3H3. The molecule has 0 saturated heterocycles. The molecule has 3 heterocycles. The molecule has 4 nitrogen and oxygen atoms in total. The maximum Gasteiger partial charge on any atom is 0.180 e. The van der Waals surface area contributed by atoms with Gasteiger partial charge in [0.15, 0.2) is 4.34 Å². The molecule has 0 N–H and O–H groups in total. The van der Waals surface area contributed by atoms with E-state index in [4.69, 9.17) is 9.97 Å². The number of hydrogen-bond acceptors (Lipinski definition) is 7. The van der Waals surface area contributed by atoms with E-state index in [2.05, 4.69) is 24.0 Å². The molecule has 0 bridgehead atoms. The van der Waals surface area contributed by atoms with Crippen molar-refractivity contribution in [3.05, 3.63) is 21.5 Å². The van der Waals surface area contributed by atoms with Crippen LogP contribution in [0.4, 0.5) is 0 Å². The Balaban J connectivity index is 2.06. The van der Waals surface area contributed by atoms with Gasteiger partial charge in [-0.25, -0.2) is 9.97 Å². The molecule has 0 amide bonds. The molecule has 0 radical (unpaired) electrons. The highest BCUT2D eigenvalue weighted by Gasteiger charge is 2.15. The summed E-state index contributed by atoms with van der Waals surface area (Å²) in [7, 11) is 0. The van der Waals surface area contributed by atoms with E-state index in [0.29, 0.717) is 5.92 Å². The van der Waals surface area contributed by atoms with Crippen LogP contribution in [0.3, 0.4) is 0 Å². The maximum atomic E-state index is 4.72. The average Bonchev–Trinajstić information content (AvgIpc) is 2.96. The third kappa shape index (κ3) is 2.63. The molecule has 3 aromatic heterocycles.